The summed E-state index contributed by atoms with van der Waals surface area (Å²) < 4.78 is 25.0. The Morgan fingerprint density at radius 3 is 2.41 bits per heavy atom. The molecule has 29 heavy (non-hydrogen) atoms. The van der Waals surface area contributed by atoms with Crippen molar-refractivity contribution >= 4 is 10.0 Å². The number of primary sulfonamides is 1. The zero-order valence-electron chi connectivity index (χ0n) is 16.1. The molecule has 1 aliphatic rings. The molecule has 0 unspecified atom stereocenters. The largest absolute Gasteiger partial charge is 0.293 e. The maximum absolute atomic E-state index is 11.6. The first-order chi connectivity index (χ1) is 14.0. The number of benzene rings is 2. The van der Waals surface area contributed by atoms with Crippen LogP contribution in [0, 0.1) is 0 Å². The Balaban J connectivity index is 1.67. The van der Waals surface area contributed by atoms with Gasteiger partial charge in [0.15, 0.2) is 0 Å². The first kappa shape index (κ1) is 19.6. The van der Waals surface area contributed by atoms with E-state index in [2.05, 4.69) is 35.3 Å². The monoisotopic (exact) mass is 408 g/mol. The Labute approximate surface area is 171 Å². The fraction of sp³-hybridized carbons (Fsp3) is 0.227. The van der Waals surface area contributed by atoms with Gasteiger partial charge in [0.2, 0.25) is 10.0 Å². The third-order valence-electron chi connectivity index (χ3n) is 5.00. The summed E-state index contributed by atoms with van der Waals surface area (Å²) in [6.07, 6.45) is 6.21. The Morgan fingerprint density at radius 1 is 1.00 bits per heavy atom. The topological polar surface area (TPSA) is 81.2 Å². The van der Waals surface area contributed by atoms with Crippen LogP contribution in [0.25, 0.3) is 5.69 Å². The molecule has 2 heterocycles. The molecule has 150 valence electrons. The van der Waals surface area contributed by atoms with Gasteiger partial charge in [0.25, 0.3) is 0 Å². The van der Waals surface area contributed by atoms with Crippen LogP contribution in [0.3, 0.4) is 0 Å². The van der Waals surface area contributed by atoms with Gasteiger partial charge in [-0.3, -0.25) is 4.90 Å². The Morgan fingerprint density at radius 2 is 1.76 bits per heavy atom. The van der Waals surface area contributed by atoms with E-state index in [1.54, 1.807) is 12.1 Å². The normalized spacial score (nSPS) is 14.9. The molecule has 0 amide bonds. The lowest BCUT2D eigenvalue weighted by Gasteiger charge is -2.21. The van der Waals surface area contributed by atoms with E-state index in [1.807, 2.05) is 22.9 Å². The number of nitrogens with two attached hydrogens (primary N) is 1. The molecule has 1 aromatic heterocycles. The van der Waals surface area contributed by atoms with Gasteiger partial charge >= 0.3 is 0 Å². The van der Waals surface area contributed by atoms with Gasteiger partial charge in [-0.1, -0.05) is 42.5 Å². The van der Waals surface area contributed by atoms with E-state index >= 15 is 0 Å². The van der Waals surface area contributed by atoms with Crippen molar-refractivity contribution in [2.75, 3.05) is 13.1 Å². The molecule has 0 radical (unpaired) electrons. The SMILES string of the molecule is NS(=O)(=O)c1ccc(-n2nc(CN3CC=CCC3)cc2Cc2ccccc2)cc1. The lowest BCUT2D eigenvalue weighted by atomic mass is 10.1. The van der Waals surface area contributed by atoms with Crippen molar-refractivity contribution in [3.8, 4) is 5.69 Å². The van der Waals surface area contributed by atoms with E-state index < -0.39 is 10.0 Å². The van der Waals surface area contributed by atoms with Crippen molar-refractivity contribution in [1.29, 1.82) is 0 Å². The summed E-state index contributed by atoms with van der Waals surface area (Å²) in [5.41, 5.74) is 4.07. The average Bonchev–Trinajstić information content (AvgIpc) is 3.11. The zero-order valence-corrected chi connectivity index (χ0v) is 16.9. The van der Waals surface area contributed by atoms with E-state index in [0.29, 0.717) is 0 Å². The number of nitrogens with zero attached hydrogens (tertiary/aromatic N) is 3. The van der Waals surface area contributed by atoms with Crippen LogP contribution in [-0.4, -0.2) is 36.2 Å². The summed E-state index contributed by atoms with van der Waals surface area (Å²) in [6, 6.07) is 18.9. The van der Waals surface area contributed by atoms with E-state index in [9.17, 15) is 8.42 Å². The highest BCUT2D eigenvalue weighted by molar-refractivity contribution is 7.89. The Kier molecular flexibility index (Phi) is 5.62. The molecule has 0 spiro atoms. The van der Waals surface area contributed by atoms with Crippen LogP contribution < -0.4 is 5.14 Å². The standard InChI is InChI=1S/C22H24N4O2S/c23-29(27,28)22-11-9-20(10-12-22)26-21(15-18-7-3-1-4-8-18)16-19(24-26)17-25-13-5-2-6-14-25/h1-5,7-12,16H,6,13-15,17H2,(H2,23,27,28). The molecule has 3 aromatic rings. The minimum absolute atomic E-state index is 0.0957. The number of sulfonamides is 1. The van der Waals surface area contributed by atoms with Crippen LogP contribution in [0.4, 0.5) is 0 Å². The molecule has 0 saturated carbocycles. The summed E-state index contributed by atoms with van der Waals surface area (Å²) in [5, 5.41) is 10.1. The highest BCUT2D eigenvalue weighted by atomic mass is 32.2. The molecular formula is C22H24N4O2S. The van der Waals surface area contributed by atoms with E-state index in [0.717, 1.165) is 49.6 Å². The quantitative estimate of drug-likeness (QED) is 0.636. The summed E-state index contributed by atoms with van der Waals surface area (Å²) in [7, 11) is -3.72. The fourth-order valence-corrected chi connectivity index (χ4v) is 4.06. The summed E-state index contributed by atoms with van der Waals surface area (Å²) in [5.74, 6) is 0. The molecule has 0 aliphatic carbocycles. The molecule has 7 heteroatoms. The number of hydrogen-bond donors (Lipinski definition) is 1. The minimum Gasteiger partial charge on any atom is -0.293 e. The van der Waals surface area contributed by atoms with E-state index in [4.69, 9.17) is 10.2 Å². The average molecular weight is 409 g/mol. The van der Waals surface area contributed by atoms with E-state index in [1.165, 1.54) is 17.7 Å². The highest BCUT2D eigenvalue weighted by Crippen LogP contribution is 2.20. The molecule has 0 bridgehead atoms. The van der Waals surface area contributed by atoms with Crippen molar-refractivity contribution in [2.45, 2.75) is 24.3 Å². The summed E-state index contributed by atoms with van der Waals surface area (Å²) in [4.78, 5) is 2.46. The van der Waals surface area contributed by atoms with Crippen LogP contribution in [0.15, 0.2) is 77.7 Å². The molecule has 4 rings (SSSR count). The van der Waals surface area contributed by atoms with Crippen molar-refractivity contribution in [2.24, 2.45) is 5.14 Å². The minimum atomic E-state index is -3.72. The molecule has 6 nitrogen and oxygen atoms in total. The third kappa shape index (κ3) is 4.82. The van der Waals surface area contributed by atoms with Gasteiger partial charge in [-0.2, -0.15) is 5.10 Å². The second-order valence-corrected chi connectivity index (χ2v) is 8.80. The van der Waals surface area contributed by atoms with Crippen molar-refractivity contribution in [1.82, 2.24) is 14.7 Å². The molecular weight excluding hydrogens is 384 g/mol. The maximum atomic E-state index is 11.6. The van der Waals surface area contributed by atoms with Crippen LogP contribution in [0.5, 0.6) is 0 Å². The van der Waals surface area contributed by atoms with Crippen LogP contribution in [-0.2, 0) is 23.0 Å². The number of rotatable bonds is 6. The van der Waals surface area contributed by atoms with Gasteiger partial charge in [0.05, 0.1) is 16.3 Å². The predicted octanol–water partition coefficient (Wildman–Crippen LogP) is 2.87. The van der Waals surface area contributed by atoms with Gasteiger partial charge in [0, 0.05) is 31.7 Å². The third-order valence-corrected chi connectivity index (χ3v) is 5.93. The summed E-state index contributed by atoms with van der Waals surface area (Å²) in [6.45, 7) is 2.75. The first-order valence-electron chi connectivity index (χ1n) is 9.61. The Hall–Kier alpha value is -2.74. The molecule has 2 aromatic carbocycles. The smallest absolute Gasteiger partial charge is 0.238 e. The predicted molar refractivity (Wildman–Crippen MR) is 113 cm³/mol. The molecule has 0 atom stereocenters. The van der Waals surface area contributed by atoms with Crippen LogP contribution >= 0.6 is 0 Å². The zero-order chi connectivity index (χ0) is 20.3. The first-order valence-corrected chi connectivity index (χ1v) is 11.2. The van der Waals surface area contributed by atoms with Gasteiger partial charge in [-0.15, -0.1) is 0 Å². The molecule has 2 N–H and O–H groups in total. The summed E-state index contributed by atoms with van der Waals surface area (Å²) >= 11 is 0. The Bertz CT molecular complexity index is 1100. The van der Waals surface area contributed by atoms with Crippen molar-refractivity contribution < 1.29 is 8.42 Å². The molecule has 1 aliphatic heterocycles. The molecule has 0 saturated heterocycles. The number of aromatic nitrogens is 2. The lowest BCUT2D eigenvalue weighted by Crippen LogP contribution is -2.26. The lowest BCUT2D eigenvalue weighted by molar-refractivity contribution is 0.286. The van der Waals surface area contributed by atoms with Gasteiger partial charge in [-0.25, -0.2) is 18.2 Å². The van der Waals surface area contributed by atoms with Crippen molar-refractivity contribution in [3.05, 3.63) is 89.8 Å². The second-order valence-electron chi connectivity index (χ2n) is 7.24. The van der Waals surface area contributed by atoms with Crippen LogP contribution in [0.2, 0.25) is 0 Å². The van der Waals surface area contributed by atoms with Crippen molar-refractivity contribution in [3.63, 3.8) is 0 Å². The fourth-order valence-electron chi connectivity index (χ4n) is 3.55. The van der Waals surface area contributed by atoms with Gasteiger partial charge in [-0.05, 0) is 42.3 Å². The van der Waals surface area contributed by atoms with E-state index in [-0.39, 0.29) is 4.90 Å². The second kappa shape index (κ2) is 8.32. The maximum Gasteiger partial charge on any atom is 0.238 e. The highest BCUT2D eigenvalue weighted by Gasteiger charge is 2.15. The van der Waals surface area contributed by atoms with Crippen LogP contribution in [0.1, 0.15) is 23.4 Å². The van der Waals surface area contributed by atoms with Gasteiger partial charge < -0.3 is 0 Å². The van der Waals surface area contributed by atoms with Gasteiger partial charge in [0.1, 0.15) is 0 Å². The number of hydrogen-bond acceptors (Lipinski definition) is 4. The molecule has 0 fully saturated rings.